The highest BCUT2D eigenvalue weighted by Crippen LogP contribution is 2.41. The maximum atomic E-state index is 12.7. The molecule has 96 valence electrons. The molecule has 0 aromatic heterocycles. The molecule has 2 N–H and O–H groups in total. The predicted octanol–water partition coefficient (Wildman–Crippen LogP) is 2.99. The third kappa shape index (κ3) is 3.57. The lowest BCUT2D eigenvalue weighted by molar-refractivity contribution is -0.131. The highest BCUT2D eigenvalue weighted by atomic mass is 79.9. The molecule has 0 fully saturated rings. The molecule has 1 atom stereocenters. The molecule has 1 aromatic carbocycles. The Bertz CT molecular complexity index is 532. The predicted molar refractivity (Wildman–Crippen MR) is 61.1 cm³/mol. The largest absolute Gasteiger partial charge is 0.410 e. The standard InChI is InChI=1S/C8H6BrClF3NO2S/c9-6-3-4(10)1-2-5(6)7(8(11,12)13)17(14,15)16/h1-3,7H,(H2,14,15,16). The van der Waals surface area contributed by atoms with E-state index < -0.39 is 27.0 Å². The summed E-state index contributed by atoms with van der Waals surface area (Å²) in [5.41, 5.74) is -0.496. The van der Waals surface area contributed by atoms with Gasteiger partial charge in [-0.2, -0.15) is 13.2 Å². The van der Waals surface area contributed by atoms with E-state index >= 15 is 0 Å². The topological polar surface area (TPSA) is 60.2 Å². The Labute approximate surface area is 109 Å². The zero-order valence-corrected chi connectivity index (χ0v) is 11.2. The molecule has 0 heterocycles. The molecular weight excluding hydrogens is 347 g/mol. The van der Waals surface area contributed by atoms with E-state index in [0.29, 0.717) is 0 Å². The molecule has 17 heavy (non-hydrogen) atoms. The van der Waals surface area contributed by atoms with Crippen LogP contribution in [0.15, 0.2) is 22.7 Å². The lowest BCUT2D eigenvalue weighted by atomic mass is 10.1. The van der Waals surface area contributed by atoms with Gasteiger partial charge in [0.05, 0.1) is 0 Å². The van der Waals surface area contributed by atoms with Gasteiger partial charge in [-0.15, -0.1) is 0 Å². The van der Waals surface area contributed by atoms with Crippen molar-refractivity contribution in [3.63, 3.8) is 0 Å². The average Bonchev–Trinajstić information content (AvgIpc) is 2.04. The van der Waals surface area contributed by atoms with Crippen molar-refractivity contribution in [2.45, 2.75) is 11.4 Å². The second-order valence-corrected chi connectivity index (χ2v) is 6.12. The minimum absolute atomic E-state index is 0.0682. The zero-order valence-electron chi connectivity index (χ0n) is 8.00. The number of rotatable bonds is 2. The second kappa shape index (κ2) is 4.75. The third-order valence-corrected chi connectivity index (χ3v) is 3.97. The van der Waals surface area contributed by atoms with Crippen LogP contribution in [-0.2, 0) is 10.0 Å². The van der Waals surface area contributed by atoms with Gasteiger partial charge < -0.3 is 0 Å². The Hall–Kier alpha value is -0.310. The summed E-state index contributed by atoms with van der Waals surface area (Å²) in [7, 11) is -4.81. The van der Waals surface area contributed by atoms with Crippen LogP contribution in [0, 0.1) is 0 Å². The van der Waals surface area contributed by atoms with Crippen LogP contribution in [0.5, 0.6) is 0 Å². The Morgan fingerprint density at radius 2 is 1.88 bits per heavy atom. The van der Waals surface area contributed by atoms with E-state index in [1.165, 1.54) is 6.07 Å². The number of benzene rings is 1. The Morgan fingerprint density at radius 1 is 1.35 bits per heavy atom. The van der Waals surface area contributed by atoms with E-state index in [1.54, 1.807) is 0 Å². The van der Waals surface area contributed by atoms with Crippen LogP contribution in [0.3, 0.4) is 0 Å². The molecule has 1 rings (SSSR count). The first-order chi connectivity index (χ1) is 7.53. The van der Waals surface area contributed by atoms with E-state index in [-0.39, 0.29) is 9.50 Å². The summed E-state index contributed by atoms with van der Waals surface area (Å²) in [6.45, 7) is 0. The van der Waals surface area contributed by atoms with Crippen molar-refractivity contribution in [2.24, 2.45) is 5.14 Å². The molecule has 0 aliphatic rings. The van der Waals surface area contributed by atoms with Crippen molar-refractivity contribution in [1.29, 1.82) is 0 Å². The minimum Gasteiger partial charge on any atom is -0.228 e. The van der Waals surface area contributed by atoms with Crippen molar-refractivity contribution in [3.05, 3.63) is 33.3 Å². The van der Waals surface area contributed by atoms with Crippen molar-refractivity contribution in [1.82, 2.24) is 0 Å². The number of nitrogens with two attached hydrogens (primary N) is 1. The molecule has 0 amide bonds. The smallest absolute Gasteiger partial charge is 0.228 e. The molecule has 0 spiro atoms. The van der Waals surface area contributed by atoms with Gasteiger partial charge in [-0.1, -0.05) is 33.6 Å². The third-order valence-electron chi connectivity index (χ3n) is 1.87. The minimum atomic E-state index is -5.00. The number of sulfonamides is 1. The van der Waals surface area contributed by atoms with Crippen molar-refractivity contribution in [2.75, 3.05) is 0 Å². The van der Waals surface area contributed by atoms with Crippen molar-refractivity contribution in [3.8, 4) is 0 Å². The van der Waals surface area contributed by atoms with E-state index in [1.807, 2.05) is 0 Å². The van der Waals surface area contributed by atoms with Gasteiger partial charge in [-0.05, 0) is 17.7 Å². The average molecular weight is 353 g/mol. The summed E-state index contributed by atoms with van der Waals surface area (Å²) in [5.74, 6) is 0. The van der Waals surface area contributed by atoms with Crippen molar-refractivity contribution < 1.29 is 21.6 Å². The summed E-state index contributed by atoms with van der Waals surface area (Å²) in [6.07, 6.45) is -5.00. The number of alkyl halides is 3. The van der Waals surface area contributed by atoms with Gasteiger partial charge in [0.1, 0.15) is 0 Å². The van der Waals surface area contributed by atoms with Crippen LogP contribution in [-0.4, -0.2) is 14.6 Å². The normalized spacial score (nSPS) is 14.7. The molecule has 0 radical (unpaired) electrons. The van der Waals surface area contributed by atoms with Gasteiger partial charge >= 0.3 is 6.18 Å². The Morgan fingerprint density at radius 3 is 2.24 bits per heavy atom. The highest BCUT2D eigenvalue weighted by molar-refractivity contribution is 9.10. The first-order valence-corrected chi connectivity index (χ1v) is 6.85. The fourth-order valence-corrected chi connectivity index (χ4v) is 3.25. The molecule has 3 nitrogen and oxygen atoms in total. The van der Waals surface area contributed by atoms with Crippen LogP contribution < -0.4 is 5.14 Å². The summed E-state index contributed by atoms with van der Waals surface area (Å²) < 4.78 is 60.0. The Balaban J connectivity index is 3.44. The SMILES string of the molecule is NS(=O)(=O)C(c1ccc(Cl)cc1Br)C(F)(F)F. The fraction of sp³-hybridized carbons (Fsp3) is 0.250. The van der Waals surface area contributed by atoms with Gasteiger partial charge in [-0.25, -0.2) is 13.6 Å². The maximum Gasteiger partial charge on any atom is 0.410 e. The quantitative estimate of drug-likeness (QED) is 0.889. The van der Waals surface area contributed by atoms with Crippen LogP contribution in [0.2, 0.25) is 5.02 Å². The summed E-state index contributed by atoms with van der Waals surface area (Å²) >= 11 is 8.39. The molecule has 0 saturated carbocycles. The van der Waals surface area contributed by atoms with E-state index in [9.17, 15) is 21.6 Å². The second-order valence-electron chi connectivity index (χ2n) is 3.18. The lowest BCUT2D eigenvalue weighted by Gasteiger charge is -2.19. The molecule has 1 aromatic rings. The van der Waals surface area contributed by atoms with Crippen molar-refractivity contribution >= 4 is 37.6 Å². The first-order valence-electron chi connectivity index (χ1n) is 4.07. The van der Waals surface area contributed by atoms with E-state index in [0.717, 1.165) is 12.1 Å². The lowest BCUT2D eigenvalue weighted by Crippen LogP contribution is -2.33. The molecule has 0 aliphatic carbocycles. The first kappa shape index (κ1) is 14.7. The van der Waals surface area contributed by atoms with E-state index in [2.05, 4.69) is 21.1 Å². The number of hydrogen-bond acceptors (Lipinski definition) is 2. The maximum absolute atomic E-state index is 12.7. The molecule has 0 aliphatic heterocycles. The number of primary sulfonamides is 1. The van der Waals surface area contributed by atoms with Gasteiger partial charge in [0, 0.05) is 9.50 Å². The zero-order chi connectivity index (χ0) is 13.4. The highest BCUT2D eigenvalue weighted by Gasteiger charge is 2.49. The molecule has 0 bridgehead atoms. The summed E-state index contributed by atoms with van der Waals surface area (Å²) in [6, 6.07) is 3.29. The van der Waals surface area contributed by atoms with Crippen LogP contribution in [0.4, 0.5) is 13.2 Å². The Kier molecular flexibility index (Phi) is 4.12. The molecule has 0 saturated heterocycles. The monoisotopic (exact) mass is 351 g/mol. The van der Waals surface area contributed by atoms with Gasteiger partial charge in [-0.3, -0.25) is 0 Å². The number of hydrogen-bond donors (Lipinski definition) is 1. The van der Waals surface area contributed by atoms with Gasteiger partial charge in [0.15, 0.2) is 5.25 Å². The fourth-order valence-electron chi connectivity index (χ4n) is 1.25. The van der Waals surface area contributed by atoms with Crippen LogP contribution >= 0.6 is 27.5 Å². The number of halogens is 5. The molecular formula is C8H6BrClF3NO2S. The van der Waals surface area contributed by atoms with Gasteiger partial charge in [0.2, 0.25) is 10.0 Å². The van der Waals surface area contributed by atoms with E-state index in [4.69, 9.17) is 11.6 Å². The molecule has 9 heteroatoms. The van der Waals surface area contributed by atoms with Gasteiger partial charge in [0.25, 0.3) is 0 Å². The van der Waals surface area contributed by atoms with Crippen LogP contribution in [0.25, 0.3) is 0 Å². The van der Waals surface area contributed by atoms with Crippen LogP contribution in [0.1, 0.15) is 10.8 Å². The summed E-state index contributed by atoms with van der Waals surface area (Å²) in [4.78, 5) is 0. The summed E-state index contributed by atoms with van der Waals surface area (Å²) in [5, 5.41) is 2.00. The molecule has 1 unspecified atom stereocenters.